The largest absolute Gasteiger partial charge is 0.398 e. The van der Waals surface area contributed by atoms with Gasteiger partial charge in [0, 0.05) is 23.7 Å². The van der Waals surface area contributed by atoms with Crippen LogP contribution in [0.2, 0.25) is 0 Å². The number of aryl methyl sites for hydroxylation is 1. The van der Waals surface area contributed by atoms with Gasteiger partial charge in [-0.1, -0.05) is 13.8 Å². The fourth-order valence-corrected chi connectivity index (χ4v) is 2.29. The van der Waals surface area contributed by atoms with E-state index in [1.165, 1.54) is 4.90 Å². The van der Waals surface area contributed by atoms with E-state index in [1.54, 1.807) is 20.0 Å². The molecular weight excluding hydrogens is 242 g/mol. The molecule has 2 atom stereocenters. The summed E-state index contributed by atoms with van der Waals surface area (Å²) in [6.45, 7) is 7.53. The number of hydrogen-bond acceptors (Lipinski definition) is 4. The van der Waals surface area contributed by atoms with Crippen LogP contribution in [-0.4, -0.2) is 21.7 Å². The summed E-state index contributed by atoms with van der Waals surface area (Å²) in [5.74, 6) is -0.762. The molecule has 0 bridgehead atoms. The lowest BCUT2D eigenvalue weighted by Gasteiger charge is -2.17. The average Bonchev–Trinajstić information content (AvgIpc) is 2.57. The first-order valence-corrected chi connectivity index (χ1v) is 6.40. The van der Waals surface area contributed by atoms with Crippen molar-refractivity contribution in [3.8, 4) is 0 Å². The van der Waals surface area contributed by atoms with Crippen molar-refractivity contribution in [2.75, 3.05) is 5.73 Å². The van der Waals surface area contributed by atoms with Crippen LogP contribution in [0.1, 0.15) is 30.7 Å². The maximum atomic E-state index is 12.0. The molecule has 2 heterocycles. The number of pyridine rings is 1. The van der Waals surface area contributed by atoms with E-state index in [9.17, 15) is 9.59 Å². The van der Waals surface area contributed by atoms with Gasteiger partial charge >= 0.3 is 0 Å². The molecule has 1 aromatic heterocycles. The first kappa shape index (κ1) is 13.5. The number of anilines is 1. The number of nitrogen functional groups attached to an aromatic ring is 1. The zero-order valence-electron chi connectivity index (χ0n) is 11.7. The Morgan fingerprint density at radius 3 is 2.26 bits per heavy atom. The van der Waals surface area contributed by atoms with Crippen molar-refractivity contribution in [3.05, 3.63) is 23.0 Å². The summed E-state index contributed by atoms with van der Waals surface area (Å²) in [4.78, 5) is 29.7. The van der Waals surface area contributed by atoms with Crippen LogP contribution in [0.5, 0.6) is 0 Å². The number of carbonyl (C=O) groups excluding carboxylic acids is 2. The third kappa shape index (κ3) is 2.09. The minimum Gasteiger partial charge on any atom is -0.398 e. The van der Waals surface area contributed by atoms with Gasteiger partial charge in [0.25, 0.3) is 0 Å². The molecule has 5 nitrogen and oxygen atoms in total. The van der Waals surface area contributed by atoms with E-state index in [2.05, 4.69) is 4.98 Å². The lowest BCUT2D eigenvalue weighted by Crippen LogP contribution is -2.31. The standard InChI is InChI=1S/C14H19N3O2/c1-7-5-16-11(10(4)12(7)15)6-17-13(18)8(2)9(3)14(17)19/h5,8-9H,6H2,1-4H3,(H2,15,16). The van der Waals surface area contributed by atoms with Crippen LogP contribution in [0.4, 0.5) is 5.69 Å². The summed E-state index contributed by atoms with van der Waals surface area (Å²) in [5.41, 5.74) is 9.06. The Bertz CT molecular complexity index is 534. The third-order valence-corrected chi connectivity index (χ3v) is 4.04. The van der Waals surface area contributed by atoms with Crippen LogP contribution in [-0.2, 0) is 16.1 Å². The molecule has 1 aliphatic heterocycles. The first-order valence-electron chi connectivity index (χ1n) is 6.40. The summed E-state index contributed by atoms with van der Waals surface area (Å²) >= 11 is 0. The van der Waals surface area contributed by atoms with Crippen molar-refractivity contribution < 1.29 is 9.59 Å². The fraction of sp³-hybridized carbons (Fsp3) is 0.500. The number of likely N-dealkylation sites (tertiary alicyclic amines) is 1. The van der Waals surface area contributed by atoms with Crippen molar-refractivity contribution in [3.63, 3.8) is 0 Å². The number of amides is 2. The van der Waals surface area contributed by atoms with Gasteiger partial charge in [0.2, 0.25) is 11.8 Å². The SMILES string of the molecule is Cc1cnc(CN2C(=O)C(C)C(C)C2=O)c(C)c1N. The van der Waals surface area contributed by atoms with E-state index in [0.29, 0.717) is 11.4 Å². The summed E-state index contributed by atoms with van der Waals surface area (Å²) in [7, 11) is 0. The minimum absolute atomic E-state index is 0.127. The molecule has 0 aliphatic carbocycles. The summed E-state index contributed by atoms with van der Waals surface area (Å²) in [5, 5.41) is 0. The molecule has 2 amide bonds. The lowest BCUT2D eigenvalue weighted by molar-refractivity contribution is -0.140. The van der Waals surface area contributed by atoms with Crippen LogP contribution < -0.4 is 5.73 Å². The molecule has 0 saturated carbocycles. The van der Waals surface area contributed by atoms with Gasteiger partial charge in [-0.2, -0.15) is 0 Å². The Hall–Kier alpha value is -1.91. The minimum atomic E-state index is -0.254. The Balaban J connectivity index is 2.30. The van der Waals surface area contributed by atoms with Gasteiger partial charge in [0.15, 0.2) is 0 Å². The van der Waals surface area contributed by atoms with Crippen LogP contribution in [0.25, 0.3) is 0 Å². The second-order valence-corrected chi connectivity index (χ2v) is 5.27. The van der Waals surface area contributed by atoms with Crippen molar-refractivity contribution in [2.24, 2.45) is 11.8 Å². The van der Waals surface area contributed by atoms with E-state index in [0.717, 1.165) is 11.1 Å². The lowest BCUT2D eigenvalue weighted by atomic mass is 10.00. The first-order chi connectivity index (χ1) is 8.84. The average molecular weight is 261 g/mol. The molecule has 1 aromatic rings. The predicted octanol–water partition coefficient (Wildman–Crippen LogP) is 1.42. The predicted molar refractivity (Wildman–Crippen MR) is 72.0 cm³/mol. The zero-order valence-corrected chi connectivity index (χ0v) is 11.7. The Morgan fingerprint density at radius 2 is 1.74 bits per heavy atom. The van der Waals surface area contributed by atoms with Crippen molar-refractivity contribution in [2.45, 2.75) is 34.2 Å². The molecule has 2 N–H and O–H groups in total. The molecule has 1 saturated heterocycles. The van der Waals surface area contributed by atoms with E-state index in [4.69, 9.17) is 5.73 Å². The highest BCUT2D eigenvalue weighted by molar-refractivity contribution is 6.04. The van der Waals surface area contributed by atoms with Gasteiger partial charge in [0.1, 0.15) is 0 Å². The quantitative estimate of drug-likeness (QED) is 0.817. The van der Waals surface area contributed by atoms with Crippen LogP contribution in [0.15, 0.2) is 6.20 Å². The smallest absolute Gasteiger partial charge is 0.233 e. The molecule has 5 heteroatoms. The van der Waals surface area contributed by atoms with E-state index in [-0.39, 0.29) is 30.2 Å². The third-order valence-electron chi connectivity index (χ3n) is 4.04. The van der Waals surface area contributed by atoms with E-state index >= 15 is 0 Å². The summed E-state index contributed by atoms with van der Waals surface area (Å²) in [6, 6.07) is 0. The second-order valence-electron chi connectivity index (χ2n) is 5.27. The molecule has 0 aromatic carbocycles. The van der Waals surface area contributed by atoms with E-state index in [1.807, 2.05) is 13.8 Å². The summed E-state index contributed by atoms with van der Waals surface area (Å²) < 4.78 is 0. The van der Waals surface area contributed by atoms with Gasteiger partial charge in [-0.3, -0.25) is 19.5 Å². The van der Waals surface area contributed by atoms with Gasteiger partial charge in [-0.25, -0.2) is 0 Å². The molecule has 0 spiro atoms. The fourth-order valence-electron chi connectivity index (χ4n) is 2.29. The zero-order chi connectivity index (χ0) is 14.3. The topological polar surface area (TPSA) is 76.3 Å². The van der Waals surface area contributed by atoms with Gasteiger partial charge in [-0.15, -0.1) is 0 Å². The highest BCUT2D eigenvalue weighted by atomic mass is 16.2. The highest BCUT2D eigenvalue weighted by Gasteiger charge is 2.42. The van der Waals surface area contributed by atoms with Gasteiger partial charge < -0.3 is 5.73 Å². The molecular formula is C14H19N3O2. The number of imide groups is 1. The highest BCUT2D eigenvalue weighted by Crippen LogP contribution is 2.28. The molecule has 19 heavy (non-hydrogen) atoms. The summed E-state index contributed by atoms with van der Waals surface area (Å²) in [6.07, 6.45) is 1.68. The van der Waals surface area contributed by atoms with Gasteiger partial charge in [-0.05, 0) is 25.0 Å². The Kier molecular flexibility index (Phi) is 3.30. The normalized spacial score (nSPS) is 23.3. The number of rotatable bonds is 2. The van der Waals surface area contributed by atoms with Crippen molar-refractivity contribution in [1.82, 2.24) is 9.88 Å². The Morgan fingerprint density at radius 1 is 1.21 bits per heavy atom. The van der Waals surface area contributed by atoms with Crippen molar-refractivity contribution in [1.29, 1.82) is 0 Å². The number of hydrogen-bond donors (Lipinski definition) is 1. The number of nitrogens with zero attached hydrogens (tertiary/aromatic N) is 2. The molecule has 102 valence electrons. The second kappa shape index (κ2) is 4.64. The number of aromatic nitrogens is 1. The monoisotopic (exact) mass is 261 g/mol. The maximum absolute atomic E-state index is 12.0. The van der Waals surface area contributed by atoms with Crippen molar-refractivity contribution >= 4 is 17.5 Å². The van der Waals surface area contributed by atoms with Crippen LogP contribution in [0.3, 0.4) is 0 Å². The van der Waals surface area contributed by atoms with Crippen LogP contribution in [0, 0.1) is 25.7 Å². The molecule has 2 unspecified atom stereocenters. The molecule has 1 fully saturated rings. The number of carbonyl (C=O) groups is 2. The molecule has 1 aliphatic rings. The Labute approximate surface area is 112 Å². The maximum Gasteiger partial charge on any atom is 0.233 e. The molecule has 2 rings (SSSR count). The number of nitrogens with two attached hydrogens (primary N) is 1. The molecule has 0 radical (unpaired) electrons. The van der Waals surface area contributed by atoms with E-state index < -0.39 is 0 Å². The van der Waals surface area contributed by atoms with Gasteiger partial charge in [0.05, 0.1) is 12.2 Å². The van der Waals surface area contributed by atoms with Crippen LogP contribution >= 0.6 is 0 Å².